The van der Waals surface area contributed by atoms with Crippen molar-refractivity contribution in [1.82, 2.24) is 5.32 Å². The van der Waals surface area contributed by atoms with E-state index in [1.165, 1.54) is 0 Å². The number of aliphatic carboxylic acids is 1. The molecule has 4 nitrogen and oxygen atoms in total. The molecule has 0 bridgehead atoms. The Morgan fingerprint density at radius 3 is 2.47 bits per heavy atom. The van der Waals surface area contributed by atoms with Crippen LogP contribution in [0.4, 0.5) is 0 Å². The zero-order valence-electron chi connectivity index (χ0n) is 9.32. The van der Waals surface area contributed by atoms with Gasteiger partial charge in [-0.3, -0.25) is 9.59 Å². The lowest BCUT2D eigenvalue weighted by atomic mass is 9.95. The van der Waals surface area contributed by atoms with Gasteiger partial charge in [0.25, 0.3) is 0 Å². The van der Waals surface area contributed by atoms with Gasteiger partial charge < -0.3 is 10.4 Å². The van der Waals surface area contributed by atoms with Crippen molar-refractivity contribution < 1.29 is 14.7 Å². The number of carbonyl (C=O) groups excluding carboxylic acids is 1. The van der Waals surface area contributed by atoms with Crippen LogP contribution >= 0.6 is 0 Å². The van der Waals surface area contributed by atoms with Gasteiger partial charge in [0.1, 0.15) is 0 Å². The Bertz CT molecular complexity index is 252. The monoisotopic (exact) mass is 213 g/mol. The Morgan fingerprint density at radius 2 is 1.93 bits per heavy atom. The molecule has 0 aromatic heterocycles. The van der Waals surface area contributed by atoms with Crippen LogP contribution in [0.1, 0.15) is 33.1 Å². The van der Waals surface area contributed by atoms with Crippen molar-refractivity contribution in [1.29, 1.82) is 0 Å². The van der Waals surface area contributed by atoms with Gasteiger partial charge in [-0.2, -0.15) is 0 Å². The molecule has 3 unspecified atom stereocenters. The molecule has 1 amide bonds. The summed E-state index contributed by atoms with van der Waals surface area (Å²) >= 11 is 0. The van der Waals surface area contributed by atoms with E-state index in [9.17, 15) is 9.59 Å². The van der Waals surface area contributed by atoms with Crippen molar-refractivity contribution in [2.75, 3.05) is 6.54 Å². The number of rotatable bonds is 4. The fraction of sp³-hybridized carbons (Fsp3) is 0.818. The van der Waals surface area contributed by atoms with Crippen LogP contribution in [-0.4, -0.2) is 23.5 Å². The predicted molar refractivity (Wildman–Crippen MR) is 56.3 cm³/mol. The van der Waals surface area contributed by atoms with Gasteiger partial charge >= 0.3 is 5.97 Å². The molecule has 0 aromatic rings. The SMILES string of the molecule is CCCNC(=O)C1CC(C)CC1C(=O)O. The maximum absolute atomic E-state index is 11.7. The van der Waals surface area contributed by atoms with Crippen LogP contribution in [-0.2, 0) is 9.59 Å². The van der Waals surface area contributed by atoms with Crippen molar-refractivity contribution in [3.05, 3.63) is 0 Å². The van der Waals surface area contributed by atoms with E-state index in [0.717, 1.165) is 6.42 Å². The molecule has 0 saturated heterocycles. The van der Waals surface area contributed by atoms with E-state index in [1.54, 1.807) is 0 Å². The minimum Gasteiger partial charge on any atom is -0.481 e. The summed E-state index contributed by atoms with van der Waals surface area (Å²) in [7, 11) is 0. The van der Waals surface area contributed by atoms with Crippen molar-refractivity contribution >= 4 is 11.9 Å². The highest BCUT2D eigenvalue weighted by Crippen LogP contribution is 2.36. The molecule has 15 heavy (non-hydrogen) atoms. The molecule has 0 spiro atoms. The first-order valence-electron chi connectivity index (χ1n) is 5.56. The summed E-state index contributed by atoms with van der Waals surface area (Å²) in [6.07, 6.45) is 2.21. The number of carboxylic acid groups (broad SMARTS) is 1. The minimum atomic E-state index is -0.837. The van der Waals surface area contributed by atoms with Crippen LogP contribution in [0.2, 0.25) is 0 Å². The molecule has 0 radical (unpaired) electrons. The van der Waals surface area contributed by atoms with E-state index < -0.39 is 11.9 Å². The molecule has 1 rings (SSSR count). The summed E-state index contributed by atoms with van der Waals surface area (Å²) < 4.78 is 0. The highest BCUT2D eigenvalue weighted by atomic mass is 16.4. The molecule has 3 atom stereocenters. The Labute approximate surface area is 90.0 Å². The normalized spacial score (nSPS) is 30.1. The first kappa shape index (κ1) is 12.0. The standard InChI is InChI=1S/C11H19NO3/c1-3-4-12-10(13)8-5-7(2)6-9(8)11(14)15/h7-9H,3-6H2,1-2H3,(H,12,13)(H,14,15). The second-order valence-corrected chi connectivity index (χ2v) is 4.42. The van der Waals surface area contributed by atoms with Crippen LogP contribution in [0.3, 0.4) is 0 Å². The minimum absolute atomic E-state index is 0.0893. The third-order valence-electron chi connectivity index (χ3n) is 3.00. The number of amides is 1. The zero-order chi connectivity index (χ0) is 11.4. The Kier molecular flexibility index (Phi) is 4.12. The van der Waals surface area contributed by atoms with Crippen molar-refractivity contribution in [3.63, 3.8) is 0 Å². The average Bonchev–Trinajstić information content (AvgIpc) is 2.57. The Morgan fingerprint density at radius 1 is 1.33 bits per heavy atom. The van der Waals surface area contributed by atoms with Gasteiger partial charge in [0.2, 0.25) is 5.91 Å². The Hall–Kier alpha value is -1.06. The second-order valence-electron chi connectivity index (χ2n) is 4.42. The summed E-state index contributed by atoms with van der Waals surface area (Å²) in [4.78, 5) is 22.6. The quantitative estimate of drug-likeness (QED) is 0.738. The van der Waals surface area contributed by atoms with E-state index in [2.05, 4.69) is 5.32 Å². The molecule has 4 heteroatoms. The molecule has 0 aliphatic heterocycles. The topological polar surface area (TPSA) is 66.4 Å². The van der Waals surface area contributed by atoms with Gasteiger partial charge in [-0.15, -0.1) is 0 Å². The maximum Gasteiger partial charge on any atom is 0.307 e. The van der Waals surface area contributed by atoms with Crippen molar-refractivity contribution in [3.8, 4) is 0 Å². The van der Waals surface area contributed by atoms with E-state index in [4.69, 9.17) is 5.11 Å². The van der Waals surface area contributed by atoms with Gasteiger partial charge in [-0.05, 0) is 25.2 Å². The molecule has 1 aliphatic carbocycles. The maximum atomic E-state index is 11.7. The summed E-state index contributed by atoms with van der Waals surface area (Å²) in [5, 5.41) is 11.8. The van der Waals surface area contributed by atoms with E-state index in [-0.39, 0.29) is 11.8 Å². The van der Waals surface area contributed by atoms with Crippen LogP contribution in [0.15, 0.2) is 0 Å². The summed E-state index contributed by atoms with van der Waals surface area (Å²) in [5.74, 6) is -1.41. The molecule has 1 aliphatic rings. The molecular formula is C11H19NO3. The van der Waals surface area contributed by atoms with Crippen LogP contribution in [0.25, 0.3) is 0 Å². The number of carboxylic acids is 1. The molecule has 0 heterocycles. The smallest absolute Gasteiger partial charge is 0.307 e. The fourth-order valence-electron chi connectivity index (χ4n) is 2.23. The third-order valence-corrected chi connectivity index (χ3v) is 3.00. The lowest BCUT2D eigenvalue weighted by Crippen LogP contribution is -2.35. The van der Waals surface area contributed by atoms with Crippen LogP contribution in [0.5, 0.6) is 0 Å². The lowest BCUT2D eigenvalue weighted by molar-refractivity contribution is -0.146. The first-order valence-corrected chi connectivity index (χ1v) is 5.56. The van der Waals surface area contributed by atoms with Gasteiger partial charge in [-0.1, -0.05) is 13.8 Å². The third kappa shape index (κ3) is 2.94. The molecule has 2 N–H and O–H groups in total. The van der Waals surface area contributed by atoms with Crippen LogP contribution in [0, 0.1) is 17.8 Å². The second kappa shape index (κ2) is 5.14. The number of hydrogen-bond donors (Lipinski definition) is 2. The zero-order valence-corrected chi connectivity index (χ0v) is 9.32. The highest BCUT2D eigenvalue weighted by Gasteiger charge is 2.40. The highest BCUT2D eigenvalue weighted by molar-refractivity contribution is 5.85. The van der Waals surface area contributed by atoms with Gasteiger partial charge in [0.05, 0.1) is 11.8 Å². The first-order chi connectivity index (χ1) is 7.06. The molecule has 1 fully saturated rings. The van der Waals surface area contributed by atoms with Crippen LogP contribution < -0.4 is 5.32 Å². The van der Waals surface area contributed by atoms with E-state index >= 15 is 0 Å². The average molecular weight is 213 g/mol. The predicted octanol–water partition coefficient (Wildman–Crippen LogP) is 1.26. The summed E-state index contributed by atoms with van der Waals surface area (Å²) in [5.41, 5.74) is 0. The number of carbonyl (C=O) groups is 2. The Balaban J connectivity index is 2.58. The summed E-state index contributed by atoms with van der Waals surface area (Å²) in [6, 6.07) is 0. The van der Waals surface area contributed by atoms with Gasteiger partial charge in [0.15, 0.2) is 0 Å². The van der Waals surface area contributed by atoms with Crippen molar-refractivity contribution in [2.24, 2.45) is 17.8 Å². The van der Waals surface area contributed by atoms with Crippen molar-refractivity contribution in [2.45, 2.75) is 33.1 Å². The molecular weight excluding hydrogens is 194 g/mol. The fourth-order valence-corrected chi connectivity index (χ4v) is 2.23. The van der Waals surface area contributed by atoms with E-state index in [1.807, 2.05) is 13.8 Å². The molecule has 0 aromatic carbocycles. The molecule has 1 saturated carbocycles. The number of nitrogens with one attached hydrogen (secondary N) is 1. The van der Waals surface area contributed by atoms with Gasteiger partial charge in [-0.25, -0.2) is 0 Å². The molecule has 86 valence electrons. The number of hydrogen-bond acceptors (Lipinski definition) is 2. The van der Waals surface area contributed by atoms with Gasteiger partial charge in [0, 0.05) is 6.54 Å². The largest absolute Gasteiger partial charge is 0.481 e. The summed E-state index contributed by atoms with van der Waals surface area (Å²) in [6.45, 7) is 4.62. The van der Waals surface area contributed by atoms with E-state index in [0.29, 0.717) is 25.3 Å². The lowest BCUT2D eigenvalue weighted by Gasteiger charge is -2.14.